The van der Waals surface area contributed by atoms with Gasteiger partial charge in [-0.3, -0.25) is 19.8 Å². The Hall–Kier alpha value is -4.23. The fraction of sp³-hybridized carbons (Fsp3) is 0.308. The number of hydrogen-bond acceptors (Lipinski definition) is 7. The molecule has 13 heteroatoms. The van der Waals surface area contributed by atoms with Crippen molar-refractivity contribution in [1.82, 2.24) is 15.8 Å². The number of pyridine rings is 1. The molecular weight excluding hydrogens is 523 g/mol. The van der Waals surface area contributed by atoms with E-state index in [0.29, 0.717) is 30.9 Å². The maximum atomic E-state index is 12.7. The van der Waals surface area contributed by atoms with Crippen molar-refractivity contribution in [3.63, 3.8) is 0 Å². The minimum atomic E-state index is -5.08. The van der Waals surface area contributed by atoms with E-state index in [0.717, 1.165) is 22.2 Å². The van der Waals surface area contributed by atoms with Crippen LogP contribution in [0.2, 0.25) is 0 Å². The van der Waals surface area contributed by atoms with Gasteiger partial charge in [-0.15, -0.1) is 0 Å². The van der Waals surface area contributed by atoms with Crippen molar-refractivity contribution in [2.24, 2.45) is 0 Å². The fourth-order valence-electron chi connectivity index (χ4n) is 3.93. The number of amides is 2. The number of carboxylic acids is 1. The Bertz CT molecular complexity index is 1320. The molecule has 0 bridgehead atoms. The Morgan fingerprint density at radius 3 is 2.38 bits per heavy atom. The van der Waals surface area contributed by atoms with Gasteiger partial charge in [0.05, 0.1) is 24.1 Å². The summed E-state index contributed by atoms with van der Waals surface area (Å²) in [4.78, 5) is 37.8. The molecule has 2 amide bonds. The molecule has 1 aliphatic heterocycles. The van der Waals surface area contributed by atoms with Gasteiger partial charge in [0.2, 0.25) is 5.91 Å². The number of halogens is 3. The van der Waals surface area contributed by atoms with E-state index in [1.54, 1.807) is 29.7 Å². The number of hydrogen-bond donors (Lipinski definition) is 4. The summed E-state index contributed by atoms with van der Waals surface area (Å²) in [5.41, 5.74) is 4.12. The Kier molecular flexibility index (Phi) is 9.43. The smallest absolute Gasteiger partial charge is 0.489 e. The lowest BCUT2D eigenvalue weighted by atomic mass is 9.93. The molecule has 4 N–H and O–H groups in total. The number of rotatable bonds is 7. The molecule has 1 fully saturated rings. The maximum Gasteiger partial charge on any atom is 0.490 e. The Labute approximate surface area is 220 Å². The van der Waals surface area contributed by atoms with Crippen molar-refractivity contribution in [3.05, 3.63) is 71.4 Å². The molecule has 10 nitrogen and oxygen atoms in total. The van der Waals surface area contributed by atoms with Gasteiger partial charge in [0.1, 0.15) is 12.4 Å². The van der Waals surface area contributed by atoms with Gasteiger partial charge in [-0.05, 0) is 49.7 Å². The van der Waals surface area contributed by atoms with Crippen molar-refractivity contribution in [2.75, 3.05) is 13.2 Å². The standard InChI is InChI=1S/C24H25N3O5.C2HF3O2/c1-16-12-18(20-4-2-3-5-21(20)25-16)14-32-19-8-6-17(7-9-19)23(29)26-24(10-11-31-15-24)13-22(28)27-30;3-2(4,5)1(6)7/h2-9,12,30H,10-11,13-15H2,1H3,(H,26,29)(H,27,28);(H,6,7)/t24-;/m0./s1. The first-order valence-electron chi connectivity index (χ1n) is 11.6. The third-order valence-corrected chi connectivity index (χ3v) is 5.79. The summed E-state index contributed by atoms with van der Waals surface area (Å²) < 4.78 is 43.1. The highest BCUT2D eigenvalue weighted by atomic mass is 19.4. The third kappa shape index (κ3) is 8.12. The normalized spacial score (nSPS) is 16.6. The minimum absolute atomic E-state index is 0.0598. The van der Waals surface area contributed by atoms with Gasteiger partial charge in [-0.25, -0.2) is 10.3 Å². The van der Waals surface area contributed by atoms with Gasteiger partial charge in [0.25, 0.3) is 5.91 Å². The third-order valence-electron chi connectivity index (χ3n) is 5.79. The van der Waals surface area contributed by atoms with Crippen LogP contribution in [0.3, 0.4) is 0 Å². The summed E-state index contributed by atoms with van der Waals surface area (Å²) in [7, 11) is 0. The summed E-state index contributed by atoms with van der Waals surface area (Å²) in [5.74, 6) is -3.01. The van der Waals surface area contributed by atoms with E-state index in [1.165, 1.54) is 0 Å². The molecule has 3 aromatic rings. The van der Waals surface area contributed by atoms with Crippen LogP contribution in [0.4, 0.5) is 13.2 Å². The number of nitrogens with zero attached hydrogens (tertiary/aromatic N) is 1. The number of para-hydroxylation sites is 1. The predicted octanol–water partition coefficient (Wildman–Crippen LogP) is 3.54. The molecule has 0 saturated carbocycles. The number of carbonyl (C=O) groups excluding carboxylic acids is 2. The maximum absolute atomic E-state index is 12.7. The van der Waals surface area contributed by atoms with Crippen LogP contribution in [0.1, 0.15) is 34.5 Å². The lowest BCUT2D eigenvalue weighted by molar-refractivity contribution is -0.192. The van der Waals surface area contributed by atoms with Crippen molar-refractivity contribution < 1.29 is 47.3 Å². The molecule has 1 aromatic heterocycles. The molecule has 0 unspecified atom stereocenters. The molecule has 0 radical (unpaired) electrons. The quantitative estimate of drug-likeness (QED) is 0.259. The minimum Gasteiger partial charge on any atom is -0.489 e. The first-order chi connectivity index (χ1) is 18.4. The fourth-order valence-corrected chi connectivity index (χ4v) is 3.93. The van der Waals surface area contributed by atoms with Crippen LogP contribution < -0.4 is 15.5 Å². The second kappa shape index (κ2) is 12.5. The van der Waals surface area contributed by atoms with E-state index in [9.17, 15) is 22.8 Å². The van der Waals surface area contributed by atoms with E-state index in [1.807, 2.05) is 37.3 Å². The molecular formula is C26H26F3N3O7. The first kappa shape index (κ1) is 29.3. The van der Waals surface area contributed by atoms with Gasteiger partial charge in [0, 0.05) is 28.8 Å². The summed E-state index contributed by atoms with van der Waals surface area (Å²) in [6.07, 6.45) is -4.65. The van der Waals surface area contributed by atoms with Crippen LogP contribution in [0, 0.1) is 6.92 Å². The van der Waals surface area contributed by atoms with Crippen LogP contribution in [0.15, 0.2) is 54.6 Å². The van der Waals surface area contributed by atoms with E-state index < -0.39 is 23.6 Å². The van der Waals surface area contributed by atoms with Gasteiger partial charge in [-0.1, -0.05) is 18.2 Å². The van der Waals surface area contributed by atoms with E-state index in [-0.39, 0.29) is 18.9 Å². The van der Waals surface area contributed by atoms with Gasteiger partial charge >= 0.3 is 12.1 Å². The number of hydroxylamine groups is 1. The molecule has 4 rings (SSSR count). The van der Waals surface area contributed by atoms with Crippen LogP contribution in [-0.2, 0) is 20.9 Å². The predicted molar refractivity (Wildman–Crippen MR) is 131 cm³/mol. The van der Waals surface area contributed by atoms with Crippen LogP contribution >= 0.6 is 0 Å². The SMILES string of the molecule is Cc1cc(COc2ccc(C(=O)N[C@]3(CC(=O)NO)CCOC3)cc2)c2ccccc2n1.O=C(O)C(F)(F)F. The number of aromatic nitrogens is 1. The highest BCUT2D eigenvalue weighted by Crippen LogP contribution is 2.24. The molecule has 39 heavy (non-hydrogen) atoms. The number of carboxylic acid groups (broad SMARTS) is 1. The lowest BCUT2D eigenvalue weighted by Crippen LogP contribution is -2.51. The summed E-state index contributed by atoms with van der Waals surface area (Å²) in [5, 5.41) is 19.9. The number of benzene rings is 2. The van der Waals surface area contributed by atoms with Crippen molar-refractivity contribution in [3.8, 4) is 5.75 Å². The van der Waals surface area contributed by atoms with Crippen LogP contribution in [-0.4, -0.2) is 58.0 Å². The number of alkyl halides is 3. The summed E-state index contributed by atoms with van der Waals surface area (Å²) in [6.45, 7) is 2.99. The second-order valence-corrected chi connectivity index (χ2v) is 8.80. The average molecular weight is 550 g/mol. The number of aryl methyl sites for hydroxylation is 1. The number of ether oxygens (including phenoxy) is 2. The molecule has 0 spiro atoms. The van der Waals surface area contributed by atoms with Crippen LogP contribution in [0.5, 0.6) is 5.75 Å². The van der Waals surface area contributed by atoms with E-state index in [4.69, 9.17) is 24.6 Å². The highest BCUT2D eigenvalue weighted by Gasteiger charge is 2.39. The highest BCUT2D eigenvalue weighted by molar-refractivity contribution is 5.95. The van der Waals surface area contributed by atoms with Gasteiger partial charge in [-0.2, -0.15) is 13.2 Å². The Morgan fingerprint density at radius 2 is 1.79 bits per heavy atom. The number of carbonyl (C=O) groups is 3. The largest absolute Gasteiger partial charge is 0.490 e. The number of aliphatic carboxylic acids is 1. The van der Waals surface area contributed by atoms with Crippen molar-refractivity contribution >= 4 is 28.7 Å². The number of nitrogens with one attached hydrogen (secondary N) is 2. The zero-order valence-corrected chi connectivity index (χ0v) is 20.7. The molecule has 1 aliphatic rings. The number of fused-ring (bicyclic) bond motifs is 1. The Balaban J connectivity index is 0.000000532. The van der Waals surface area contributed by atoms with E-state index >= 15 is 0 Å². The molecule has 1 saturated heterocycles. The van der Waals surface area contributed by atoms with Gasteiger partial charge in [0.15, 0.2) is 0 Å². The molecule has 0 aliphatic carbocycles. The Morgan fingerprint density at radius 1 is 1.13 bits per heavy atom. The zero-order chi connectivity index (χ0) is 28.6. The topological polar surface area (TPSA) is 147 Å². The molecule has 2 heterocycles. The zero-order valence-electron chi connectivity index (χ0n) is 20.7. The van der Waals surface area contributed by atoms with Crippen LogP contribution in [0.25, 0.3) is 10.9 Å². The van der Waals surface area contributed by atoms with Crippen molar-refractivity contribution in [2.45, 2.75) is 38.1 Å². The van der Waals surface area contributed by atoms with E-state index in [2.05, 4.69) is 10.3 Å². The summed E-state index contributed by atoms with van der Waals surface area (Å²) >= 11 is 0. The van der Waals surface area contributed by atoms with Crippen molar-refractivity contribution in [1.29, 1.82) is 0 Å². The lowest BCUT2D eigenvalue weighted by Gasteiger charge is -2.27. The van der Waals surface area contributed by atoms with Gasteiger partial charge < -0.3 is 19.9 Å². The molecule has 1 atom stereocenters. The summed E-state index contributed by atoms with van der Waals surface area (Å²) in [6, 6.07) is 16.8. The monoisotopic (exact) mass is 549 g/mol. The first-order valence-corrected chi connectivity index (χ1v) is 11.6. The molecule has 2 aromatic carbocycles. The average Bonchev–Trinajstić information content (AvgIpc) is 3.34. The molecule has 208 valence electrons. The second-order valence-electron chi connectivity index (χ2n) is 8.80.